The second-order valence-electron chi connectivity index (χ2n) is 3.73. The molecule has 0 fully saturated rings. The van der Waals surface area contributed by atoms with Crippen molar-refractivity contribution >= 4 is 9.84 Å². The Hall–Kier alpha value is -1.68. The molecule has 0 aliphatic heterocycles. The van der Waals surface area contributed by atoms with Crippen molar-refractivity contribution in [3.63, 3.8) is 0 Å². The van der Waals surface area contributed by atoms with Crippen molar-refractivity contribution in [3.8, 4) is 0 Å². The standard InChI is InChI=1S/C13H11FO2S/c1-10-9-12(7-8-13(10)14)17(15,16)11-5-3-2-4-6-11/h2-9H,1H3. The van der Waals surface area contributed by atoms with Crippen molar-refractivity contribution in [2.75, 3.05) is 0 Å². The predicted molar refractivity (Wildman–Crippen MR) is 63.0 cm³/mol. The summed E-state index contributed by atoms with van der Waals surface area (Å²) >= 11 is 0. The van der Waals surface area contributed by atoms with E-state index < -0.39 is 15.7 Å². The van der Waals surface area contributed by atoms with E-state index in [1.807, 2.05) is 0 Å². The van der Waals surface area contributed by atoms with Crippen LogP contribution in [0.4, 0.5) is 4.39 Å². The molecular weight excluding hydrogens is 239 g/mol. The van der Waals surface area contributed by atoms with E-state index in [9.17, 15) is 12.8 Å². The molecule has 4 heteroatoms. The average Bonchev–Trinajstić information content (AvgIpc) is 2.33. The Morgan fingerprint density at radius 2 is 1.59 bits per heavy atom. The van der Waals surface area contributed by atoms with E-state index in [1.54, 1.807) is 25.1 Å². The Labute approximate surface area is 99.6 Å². The molecule has 2 aromatic carbocycles. The van der Waals surface area contributed by atoms with Crippen LogP contribution >= 0.6 is 0 Å². The summed E-state index contributed by atoms with van der Waals surface area (Å²) in [6, 6.07) is 11.9. The van der Waals surface area contributed by atoms with Gasteiger partial charge in [0.05, 0.1) is 9.79 Å². The van der Waals surface area contributed by atoms with Crippen LogP contribution in [0.3, 0.4) is 0 Å². The molecule has 2 aromatic rings. The highest BCUT2D eigenvalue weighted by Crippen LogP contribution is 2.22. The first-order valence-electron chi connectivity index (χ1n) is 5.08. The van der Waals surface area contributed by atoms with Crippen molar-refractivity contribution in [3.05, 3.63) is 59.9 Å². The third-order valence-corrected chi connectivity index (χ3v) is 4.26. The molecule has 0 radical (unpaired) electrons. The van der Waals surface area contributed by atoms with Gasteiger partial charge in [0.1, 0.15) is 5.82 Å². The van der Waals surface area contributed by atoms with Gasteiger partial charge in [0.15, 0.2) is 0 Å². The Morgan fingerprint density at radius 3 is 2.18 bits per heavy atom. The lowest BCUT2D eigenvalue weighted by Crippen LogP contribution is -2.02. The highest BCUT2D eigenvalue weighted by Gasteiger charge is 2.17. The van der Waals surface area contributed by atoms with Crippen LogP contribution in [0.1, 0.15) is 5.56 Å². The van der Waals surface area contributed by atoms with E-state index >= 15 is 0 Å². The van der Waals surface area contributed by atoms with Crippen LogP contribution in [-0.4, -0.2) is 8.42 Å². The smallest absolute Gasteiger partial charge is 0.206 e. The normalized spacial score (nSPS) is 11.4. The number of halogens is 1. The maximum Gasteiger partial charge on any atom is 0.206 e. The molecule has 2 rings (SSSR count). The number of rotatable bonds is 2. The van der Waals surface area contributed by atoms with Crippen LogP contribution < -0.4 is 0 Å². The van der Waals surface area contributed by atoms with Crippen LogP contribution in [0.15, 0.2) is 58.3 Å². The SMILES string of the molecule is Cc1cc(S(=O)(=O)c2ccccc2)ccc1F. The zero-order chi connectivity index (χ0) is 12.5. The largest absolute Gasteiger partial charge is 0.219 e. The first kappa shape index (κ1) is 11.8. The lowest BCUT2D eigenvalue weighted by molar-refractivity contribution is 0.593. The van der Waals surface area contributed by atoms with E-state index in [2.05, 4.69) is 0 Å². The van der Waals surface area contributed by atoms with Crippen molar-refractivity contribution in [2.24, 2.45) is 0 Å². The molecule has 17 heavy (non-hydrogen) atoms. The minimum Gasteiger partial charge on any atom is -0.219 e. The summed E-state index contributed by atoms with van der Waals surface area (Å²) in [5.74, 6) is -0.406. The Bertz CT molecular complexity index is 634. The van der Waals surface area contributed by atoms with Gasteiger partial charge in [-0.05, 0) is 42.8 Å². The van der Waals surface area contributed by atoms with Crippen molar-refractivity contribution in [1.29, 1.82) is 0 Å². The number of hydrogen-bond donors (Lipinski definition) is 0. The fraction of sp³-hybridized carbons (Fsp3) is 0.0769. The molecule has 0 aromatic heterocycles. The predicted octanol–water partition coefficient (Wildman–Crippen LogP) is 2.97. The molecular formula is C13H11FO2S. The molecule has 0 atom stereocenters. The molecule has 0 spiro atoms. The van der Waals surface area contributed by atoms with E-state index in [1.165, 1.54) is 30.3 Å². The number of benzene rings is 2. The molecule has 0 saturated carbocycles. The summed E-state index contributed by atoms with van der Waals surface area (Å²) in [4.78, 5) is 0.327. The Balaban J connectivity index is 2.57. The number of aryl methyl sites for hydroxylation is 1. The summed E-state index contributed by atoms with van der Waals surface area (Å²) in [5.41, 5.74) is 0.321. The van der Waals surface area contributed by atoms with Crippen LogP contribution in [0, 0.1) is 12.7 Å². The molecule has 0 aliphatic rings. The van der Waals surface area contributed by atoms with Gasteiger partial charge in [0.2, 0.25) is 9.84 Å². The third kappa shape index (κ3) is 2.22. The van der Waals surface area contributed by atoms with Gasteiger partial charge in [0, 0.05) is 0 Å². The summed E-state index contributed by atoms with van der Waals surface area (Å²) in [6.07, 6.45) is 0. The van der Waals surface area contributed by atoms with Crippen LogP contribution in [0.5, 0.6) is 0 Å². The molecule has 0 amide bonds. The molecule has 0 heterocycles. The lowest BCUT2D eigenvalue weighted by Gasteiger charge is -2.05. The second kappa shape index (κ2) is 4.30. The first-order valence-corrected chi connectivity index (χ1v) is 6.56. The van der Waals surface area contributed by atoms with E-state index in [4.69, 9.17) is 0 Å². The van der Waals surface area contributed by atoms with Crippen LogP contribution in [0.25, 0.3) is 0 Å². The number of sulfone groups is 1. The maximum absolute atomic E-state index is 13.1. The molecule has 2 nitrogen and oxygen atoms in total. The van der Waals surface area contributed by atoms with E-state index in [-0.39, 0.29) is 9.79 Å². The van der Waals surface area contributed by atoms with Gasteiger partial charge < -0.3 is 0 Å². The molecule has 88 valence electrons. The maximum atomic E-state index is 13.1. The van der Waals surface area contributed by atoms with Crippen molar-refractivity contribution in [1.82, 2.24) is 0 Å². The summed E-state index contributed by atoms with van der Waals surface area (Å²) in [6.45, 7) is 1.54. The first-order chi connectivity index (χ1) is 8.01. The topological polar surface area (TPSA) is 34.1 Å². The minimum absolute atomic E-state index is 0.114. The zero-order valence-electron chi connectivity index (χ0n) is 9.22. The van der Waals surface area contributed by atoms with E-state index in [0.29, 0.717) is 5.56 Å². The molecule has 0 unspecified atom stereocenters. The third-order valence-electron chi connectivity index (χ3n) is 2.49. The fourth-order valence-corrected chi connectivity index (χ4v) is 2.89. The monoisotopic (exact) mass is 250 g/mol. The summed E-state index contributed by atoms with van der Waals surface area (Å²) in [5, 5.41) is 0. The van der Waals surface area contributed by atoms with Crippen molar-refractivity contribution in [2.45, 2.75) is 16.7 Å². The minimum atomic E-state index is -3.54. The molecule has 0 saturated heterocycles. The Kier molecular flexibility index (Phi) is 2.98. The van der Waals surface area contributed by atoms with E-state index in [0.717, 1.165) is 0 Å². The van der Waals surface area contributed by atoms with Crippen molar-refractivity contribution < 1.29 is 12.8 Å². The van der Waals surface area contributed by atoms with Gasteiger partial charge in [-0.2, -0.15) is 0 Å². The molecule has 0 bridgehead atoms. The number of hydrogen-bond acceptors (Lipinski definition) is 2. The van der Waals surface area contributed by atoms with Gasteiger partial charge in [-0.25, -0.2) is 12.8 Å². The lowest BCUT2D eigenvalue weighted by atomic mass is 10.2. The molecule has 0 N–H and O–H groups in total. The van der Waals surface area contributed by atoms with Crippen LogP contribution in [0.2, 0.25) is 0 Å². The van der Waals surface area contributed by atoms with Crippen LogP contribution in [-0.2, 0) is 9.84 Å². The summed E-state index contributed by atoms with van der Waals surface area (Å²) < 4.78 is 37.4. The van der Waals surface area contributed by atoms with Gasteiger partial charge in [-0.15, -0.1) is 0 Å². The fourth-order valence-electron chi connectivity index (χ4n) is 1.52. The highest BCUT2D eigenvalue weighted by molar-refractivity contribution is 7.91. The average molecular weight is 250 g/mol. The van der Waals surface area contributed by atoms with Gasteiger partial charge in [-0.1, -0.05) is 18.2 Å². The molecule has 0 aliphatic carbocycles. The highest BCUT2D eigenvalue weighted by atomic mass is 32.2. The van der Waals surface area contributed by atoms with Gasteiger partial charge in [0.25, 0.3) is 0 Å². The summed E-state index contributed by atoms with van der Waals surface area (Å²) in [7, 11) is -3.54. The van der Waals surface area contributed by atoms with Gasteiger partial charge >= 0.3 is 0 Å². The Morgan fingerprint density at radius 1 is 0.941 bits per heavy atom. The quantitative estimate of drug-likeness (QED) is 0.768. The second-order valence-corrected chi connectivity index (χ2v) is 5.68. The van der Waals surface area contributed by atoms with Gasteiger partial charge in [-0.3, -0.25) is 0 Å². The zero-order valence-corrected chi connectivity index (χ0v) is 10.0.